The Bertz CT molecular complexity index is 902. The van der Waals surface area contributed by atoms with Crippen molar-refractivity contribution in [1.82, 2.24) is 25.2 Å². The number of hydrogen-bond donors (Lipinski definition) is 1. The Labute approximate surface area is 121 Å². The Balaban J connectivity index is 1.91. The summed E-state index contributed by atoms with van der Waals surface area (Å²) < 4.78 is 1.81. The van der Waals surface area contributed by atoms with Crippen LogP contribution < -0.4 is 0 Å². The number of aromatic amines is 1. The number of para-hydroxylation sites is 1. The van der Waals surface area contributed by atoms with Crippen LogP contribution in [0.5, 0.6) is 0 Å². The van der Waals surface area contributed by atoms with Gasteiger partial charge in [-0.1, -0.05) is 48.0 Å². The fraction of sp³-hybridized carbons (Fsp3) is 0.0625. The average Bonchev–Trinajstić information content (AvgIpc) is 3.14. The van der Waals surface area contributed by atoms with Gasteiger partial charge in [0.2, 0.25) is 5.82 Å². The molecule has 0 saturated carbocycles. The van der Waals surface area contributed by atoms with Crippen LogP contribution in [0.3, 0.4) is 0 Å². The highest BCUT2D eigenvalue weighted by molar-refractivity contribution is 5.81. The standard InChI is InChI=1S/C16H13N5/c1-11-6-8-12(9-7-11)15-16(19-20-18-15)21-14-5-3-2-4-13(14)10-17-21/h2-10H,1H3,(H,18,19,20). The van der Waals surface area contributed by atoms with Gasteiger partial charge in [0.15, 0.2) is 0 Å². The van der Waals surface area contributed by atoms with Gasteiger partial charge in [-0.3, -0.25) is 0 Å². The Kier molecular flexibility index (Phi) is 2.57. The first-order valence-corrected chi connectivity index (χ1v) is 6.74. The maximum atomic E-state index is 4.44. The van der Waals surface area contributed by atoms with Crippen molar-refractivity contribution in [3.05, 3.63) is 60.3 Å². The topological polar surface area (TPSA) is 59.4 Å². The number of hydrogen-bond acceptors (Lipinski definition) is 3. The van der Waals surface area contributed by atoms with Crippen molar-refractivity contribution in [2.45, 2.75) is 6.92 Å². The molecule has 1 N–H and O–H groups in total. The Morgan fingerprint density at radius 2 is 1.76 bits per heavy atom. The van der Waals surface area contributed by atoms with Crippen LogP contribution in [0, 0.1) is 6.92 Å². The van der Waals surface area contributed by atoms with Crippen molar-refractivity contribution in [1.29, 1.82) is 0 Å². The zero-order valence-electron chi connectivity index (χ0n) is 11.5. The molecule has 2 heterocycles. The molecule has 0 amide bonds. The molecule has 0 radical (unpaired) electrons. The first-order chi connectivity index (χ1) is 10.3. The van der Waals surface area contributed by atoms with Crippen molar-refractivity contribution in [2.24, 2.45) is 0 Å². The predicted molar refractivity (Wildman–Crippen MR) is 81.2 cm³/mol. The van der Waals surface area contributed by atoms with Gasteiger partial charge in [-0.15, -0.1) is 5.10 Å². The van der Waals surface area contributed by atoms with E-state index in [1.54, 1.807) is 0 Å². The quantitative estimate of drug-likeness (QED) is 0.611. The van der Waals surface area contributed by atoms with E-state index in [9.17, 15) is 0 Å². The van der Waals surface area contributed by atoms with Crippen molar-refractivity contribution < 1.29 is 0 Å². The second-order valence-corrected chi connectivity index (χ2v) is 4.98. The third kappa shape index (κ3) is 1.90. The van der Waals surface area contributed by atoms with Crippen LogP contribution in [0.15, 0.2) is 54.7 Å². The molecule has 4 aromatic rings. The molecular formula is C16H13N5. The van der Waals surface area contributed by atoms with Crippen LogP contribution in [0.1, 0.15) is 5.56 Å². The molecule has 5 heteroatoms. The third-order valence-electron chi connectivity index (χ3n) is 3.53. The van der Waals surface area contributed by atoms with Crippen LogP contribution in [-0.4, -0.2) is 25.2 Å². The zero-order chi connectivity index (χ0) is 14.2. The monoisotopic (exact) mass is 275 g/mol. The van der Waals surface area contributed by atoms with Gasteiger partial charge < -0.3 is 0 Å². The number of aromatic nitrogens is 5. The molecule has 0 unspecified atom stereocenters. The number of benzene rings is 2. The molecule has 2 aromatic heterocycles. The number of nitrogens with one attached hydrogen (secondary N) is 1. The SMILES string of the molecule is Cc1ccc(-c2n[nH]nc2-n2ncc3ccccc32)cc1. The summed E-state index contributed by atoms with van der Waals surface area (Å²) in [6.07, 6.45) is 1.84. The maximum absolute atomic E-state index is 4.44. The molecular weight excluding hydrogens is 262 g/mol. The first-order valence-electron chi connectivity index (χ1n) is 6.74. The summed E-state index contributed by atoms with van der Waals surface area (Å²) in [6, 6.07) is 16.3. The van der Waals surface area contributed by atoms with E-state index in [1.165, 1.54) is 5.56 Å². The summed E-state index contributed by atoms with van der Waals surface area (Å²) in [6.45, 7) is 2.06. The van der Waals surface area contributed by atoms with E-state index in [4.69, 9.17) is 0 Å². The molecule has 0 spiro atoms. The summed E-state index contributed by atoms with van der Waals surface area (Å²) in [7, 11) is 0. The lowest BCUT2D eigenvalue weighted by molar-refractivity contribution is 0.850. The van der Waals surface area contributed by atoms with Gasteiger partial charge in [0.25, 0.3) is 0 Å². The minimum absolute atomic E-state index is 0.708. The lowest BCUT2D eigenvalue weighted by Crippen LogP contribution is -1.98. The fourth-order valence-electron chi connectivity index (χ4n) is 2.42. The second-order valence-electron chi connectivity index (χ2n) is 4.98. The average molecular weight is 275 g/mol. The normalized spacial score (nSPS) is 11.1. The summed E-state index contributed by atoms with van der Waals surface area (Å²) in [4.78, 5) is 0. The highest BCUT2D eigenvalue weighted by Crippen LogP contribution is 2.25. The molecule has 0 bridgehead atoms. The molecule has 0 atom stereocenters. The zero-order valence-corrected chi connectivity index (χ0v) is 11.5. The van der Waals surface area contributed by atoms with E-state index in [-0.39, 0.29) is 0 Å². The first kappa shape index (κ1) is 11.8. The Hall–Kier alpha value is -2.95. The number of rotatable bonds is 2. The molecule has 0 aliphatic rings. The van der Waals surface area contributed by atoms with Gasteiger partial charge in [0.1, 0.15) is 5.69 Å². The van der Waals surface area contributed by atoms with Crippen LogP contribution in [0.4, 0.5) is 0 Å². The van der Waals surface area contributed by atoms with E-state index in [0.29, 0.717) is 5.82 Å². The number of aryl methyl sites for hydroxylation is 1. The van der Waals surface area contributed by atoms with Crippen LogP contribution in [-0.2, 0) is 0 Å². The molecule has 0 saturated heterocycles. The van der Waals surface area contributed by atoms with Gasteiger partial charge in [0, 0.05) is 10.9 Å². The summed E-state index contributed by atoms with van der Waals surface area (Å²) in [5.41, 5.74) is 4.04. The summed E-state index contributed by atoms with van der Waals surface area (Å²) >= 11 is 0. The van der Waals surface area contributed by atoms with Gasteiger partial charge in [0.05, 0.1) is 11.7 Å². The third-order valence-corrected chi connectivity index (χ3v) is 3.53. The second kappa shape index (κ2) is 4.56. The van der Waals surface area contributed by atoms with E-state index in [0.717, 1.165) is 22.2 Å². The molecule has 5 nitrogen and oxygen atoms in total. The summed E-state index contributed by atoms with van der Waals surface area (Å²) in [5, 5.41) is 16.8. The maximum Gasteiger partial charge on any atom is 0.203 e. The summed E-state index contributed by atoms with van der Waals surface area (Å²) in [5.74, 6) is 0.708. The van der Waals surface area contributed by atoms with Crippen LogP contribution >= 0.6 is 0 Å². The minimum atomic E-state index is 0.708. The molecule has 4 rings (SSSR count). The molecule has 102 valence electrons. The van der Waals surface area contributed by atoms with Gasteiger partial charge in [-0.2, -0.15) is 15.4 Å². The van der Waals surface area contributed by atoms with Crippen molar-refractivity contribution in [3.8, 4) is 17.1 Å². The predicted octanol–water partition coefficient (Wildman–Crippen LogP) is 3.12. The lowest BCUT2D eigenvalue weighted by Gasteiger charge is -2.03. The van der Waals surface area contributed by atoms with Crippen LogP contribution in [0.25, 0.3) is 28.0 Å². The Morgan fingerprint density at radius 3 is 2.62 bits per heavy atom. The molecule has 2 aromatic carbocycles. The van der Waals surface area contributed by atoms with Crippen LogP contribution in [0.2, 0.25) is 0 Å². The van der Waals surface area contributed by atoms with Gasteiger partial charge in [-0.05, 0) is 13.0 Å². The molecule has 0 aliphatic heterocycles. The molecule has 0 fully saturated rings. The van der Waals surface area contributed by atoms with Crippen molar-refractivity contribution in [3.63, 3.8) is 0 Å². The number of H-pyrrole nitrogens is 1. The number of nitrogens with zero attached hydrogens (tertiary/aromatic N) is 4. The van der Waals surface area contributed by atoms with E-state index < -0.39 is 0 Å². The minimum Gasteiger partial charge on any atom is -0.211 e. The number of fused-ring (bicyclic) bond motifs is 1. The molecule has 0 aliphatic carbocycles. The fourth-order valence-corrected chi connectivity index (χ4v) is 2.42. The van der Waals surface area contributed by atoms with Crippen molar-refractivity contribution >= 4 is 10.9 Å². The molecule has 21 heavy (non-hydrogen) atoms. The highest BCUT2D eigenvalue weighted by atomic mass is 15.4. The van der Waals surface area contributed by atoms with Gasteiger partial charge >= 0.3 is 0 Å². The Morgan fingerprint density at radius 1 is 0.952 bits per heavy atom. The van der Waals surface area contributed by atoms with Gasteiger partial charge in [-0.25, -0.2) is 4.68 Å². The van der Waals surface area contributed by atoms with Crippen molar-refractivity contribution in [2.75, 3.05) is 0 Å². The highest BCUT2D eigenvalue weighted by Gasteiger charge is 2.14. The van der Waals surface area contributed by atoms with E-state index in [1.807, 2.05) is 47.3 Å². The smallest absolute Gasteiger partial charge is 0.203 e. The van der Waals surface area contributed by atoms with E-state index in [2.05, 4.69) is 39.6 Å². The largest absolute Gasteiger partial charge is 0.211 e. The lowest BCUT2D eigenvalue weighted by atomic mass is 10.1. The van der Waals surface area contributed by atoms with E-state index >= 15 is 0 Å².